The fraction of sp³-hybridized carbons (Fsp3) is 0.364. The van der Waals surface area contributed by atoms with Crippen molar-refractivity contribution in [1.82, 2.24) is 5.32 Å². The number of para-hydroxylation sites is 1. The number of nitrogens with zero attached hydrogens (tertiary/aromatic N) is 2. The van der Waals surface area contributed by atoms with Crippen molar-refractivity contribution in [1.29, 1.82) is 0 Å². The molecule has 0 radical (unpaired) electrons. The zero-order valence-corrected chi connectivity index (χ0v) is 17.2. The molecule has 0 atom stereocenters. The third-order valence-corrected chi connectivity index (χ3v) is 4.77. The molecule has 1 aliphatic heterocycles. The first-order valence-electron chi connectivity index (χ1n) is 9.83. The van der Waals surface area contributed by atoms with E-state index in [1.807, 2.05) is 48.2 Å². The van der Waals surface area contributed by atoms with Crippen molar-refractivity contribution in [3.05, 3.63) is 48.0 Å². The van der Waals surface area contributed by atoms with Crippen LogP contribution in [-0.4, -0.2) is 45.7 Å². The minimum absolute atomic E-state index is 0.0179. The van der Waals surface area contributed by atoms with Gasteiger partial charge in [0.1, 0.15) is 0 Å². The maximum Gasteiger partial charge on any atom is 0.246 e. The number of carbonyl (C=O) groups is 1. The monoisotopic (exact) mass is 396 g/mol. The number of aryl methyl sites for hydroxylation is 1. The molecule has 0 saturated carbocycles. The zero-order valence-electron chi connectivity index (χ0n) is 17.2. The smallest absolute Gasteiger partial charge is 0.246 e. The van der Waals surface area contributed by atoms with Gasteiger partial charge in [-0.15, -0.1) is 0 Å². The SMILES string of the molecule is CCOc1ccc(NC(=NC)NCC(=O)N2CCCc3ccccc32)cc1OC. The number of anilines is 2. The Kier molecular flexibility index (Phi) is 6.94. The van der Waals surface area contributed by atoms with Crippen LogP contribution in [0.25, 0.3) is 0 Å². The van der Waals surface area contributed by atoms with E-state index in [0.717, 1.165) is 30.8 Å². The highest BCUT2D eigenvalue weighted by atomic mass is 16.5. The van der Waals surface area contributed by atoms with E-state index in [2.05, 4.69) is 21.7 Å². The number of ether oxygens (including phenoxy) is 2. The van der Waals surface area contributed by atoms with Crippen molar-refractivity contribution < 1.29 is 14.3 Å². The number of benzene rings is 2. The van der Waals surface area contributed by atoms with Crippen LogP contribution in [-0.2, 0) is 11.2 Å². The summed E-state index contributed by atoms with van der Waals surface area (Å²) in [7, 11) is 3.27. The van der Waals surface area contributed by atoms with Gasteiger partial charge in [0.2, 0.25) is 5.91 Å². The number of hydrogen-bond donors (Lipinski definition) is 2. The predicted molar refractivity (Wildman–Crippen MR) is 116 cm³/mol. The summed E-state index contributed by atoms with van der Waals surface area (Å²) < 4.78 is 10.9. The molecule has 7 heteroatoms. The molecule has 29 heavy (non-hydrogen) atoms. The Balaban J connectivity index is 1.62. The van der Waals surface area contributed by atoms with Crippen molar-refractivity contribution in [2.45, 2.75) is 19.8 Å². The highest BCUT2D eigenvalue weighted by molar-refractivity contribution is 6.00. The lowest BCUT2D eigenvalue weighted by atomic mass is 10.0. The van der Waals surface area contributed by atoms with Gasteiger partial charge in [-0.05, 0) is 43.5 Å². The number of methoxy groups -OCH3 is 1. The van der Waals surface area contributed by atoms with Crippen LogP contribution in [0, 0.1) is 0 Å². The van der Waals surface area contributed by atoms with Gasteiger partial charge in [-0.3, -0.25) is 9.79 Å². The summed E-state index contributed by atoms with van der Waals surface area (Å²) in [5, 5.41) is 6.28. The van der Waals surface area contributed by atoms with Gasteiger partial charge in [-0.2, -0.15) is 0 Å². The molecule has 2 aromatic rings. The van der Waals surface area contributed by atoms with Crippen LogP contribution in [0.4, 0.5) is 11.4 Å². The fourth-order valence-electron chi connectivity index (χ4n) is 3.38. The summed E-state index contributed by atoms with van der Waals surface area (Å²) in [6.45, 7) is 3.38. The Morgan fingerprint density at radius 3 is 2.79 bits per heavy atom. The first-order valence-corrected chi connectivity index (χ1v) is 9.83. The Morgan fingerprint density at radius 2 is 2.03 bits per heavy atom. The molecule has 1 heterocycles. The second-order valence-electron chi connectivity index (χ2n) is 6.63. The van der Waals surface area contributed by atoms with Crippen LogP contribution >= 0.6 is 0 Å². The molecule has 0 aromatic heterocycles. The Labute approximate surface area is 171 Å². The zero-order chi connectivity index (χ0) is 20.6. The van der Waals surface area contributed by atoms with Gasteiger partial charge in [0.15, 0.2) is 17.5 Å². The molecular formula is C22H28N4O3. The number of hydrogen-bond acceptors (Lipinski definition) is 4. The standard InChI is InChI=1S/C22H28N4O3/c1-4-29-19-12-11-17(14-20(19)28-3)25-22(23-2)24-15-21(27)26-13-7-9-16-8-5-6-10-18(16)26/h5-6,8,10-12,14H,4,7,9,13,15H2,1-3H3,(H2,23,24,25). The van der Waals surface area contributed by atoms with Gasteiger partial charge in [-0.25, -0.2) is 0 Å². The Hall–Kier alpha value is -3.22. The Bertz CT molecular complexity index is 882. The van der Waals surface area contributed by atoms with Crippen LogP contribution in [0.3, 0.4) is 0 Å². The van der Waals surface area contributed by atoms with Crippen LogP contribution in [0.15, 0.2) is 47.5 Å². The largest absolute Gasteiger partial charge is 0.493 e. The van der Waals surface area contributed by atoms with Crippen molar-refractivity contribution in [2.24, 2.45) is 4.99 Å². The first kappa shape index (κ1) is 20.5. The molecule has 0 unspecified atom stereocenters. The van der Waals surface area contributed by atoms with E-state index in [9.17, 15) is 4.79 Å². The molecule has 2 N–H and O–H groups in total. The third kappa shape index (κ3) is 4.99. The lowest BCUT2D eigenvalue weighted by molar-refractivity contribution is -0.117. The quantitative estimate of drug-likeness (QED) is 0.580. The second-order valence-corrected chi connectivity index (χ2v) is 6.63. The molecule has 3 rings (SSSR count). The van der Waals surface area contributed by atoms with Crippen LogP contribution in [0.1, 0.15) is 18.9 Å². The summed E-state index contributed by atoms with van der Waals surface area (Å²) >= 11 is 0. The summed E-state index contributed by atoms with van der Waals surface area (Å²) in [6, 6.07) is 13.6. The average Bonchev–Trinajstić information content (AvgIpc) is 2.77. The topological polar surface area (TPSA) is 75.2 Å². The number of rotatable bonds is 6. The minimum Gasteiger partial charge on any atom is -0.493 e. The molecule has 0 spiro atoms. The number of fused-ring (bicyclic) bond motifs is 1. The van der Waals surface area contributed by atoms with Gasteiger partial charge in [-0.1, -0.05) is 18.2 Å². The first-order chi connectivity index (χ1) is 14.2. The average molecular weight is 396 g/mol. The molecule has 0 bridgehead atoms. The molecule has 1 aliphatic rings. The van der Waals surface area contributed by atoms with Crippen LogP contribution < -0.4 is 25.0 Å². The maximum atomic E-state index is 12.8. The summed E-state index contributed by atoms with van der Waals surface area (Å²) in [4.78, 5) is 18.9. The molecule has 0 saturated heterocycles. The molecular weight excluding hydrogens is 368 g/mol. The number of aliphatic imine (C=N–C) groups is 1. The number of nitrogens with one attached hydrogen (secondary N) is 2. The molecule has 0 aliphatic carbocycles. The normalized spacial score (nSPS) is 13.5. The second kappa shape index (κ2) is 9.82. The predicted octanol–water partition coefficient (Wildman–Crippen LogP) is 3.06. The minimum atomic E-state index is 0.0179. The van der Waals surface area contributed by atoms with E-state index in [1.54, 1.807) is 14.2 Å². The van der Waals surface area contributed by atoms with Crippen LogP contribution in [0.5, 0.6) is 11.5 Å². The van der Waals surface area contributed by atoms with Gasteiger partial charge in [0, 0.05) is 31.0 Å². The molecule has 7 nitrogen and oxygen atoms in total. The van der Waals surface area contributed by atoms with Crippen molar-refractivity contribution >= 4 is 23.2 Å². The van der Waals surface area contributed by atoms with E-state index in [1.165, 1.54) is 5.56 Å². The van der Waals surface area contributed by atoms with E-state index in [4.69, 9.17) is 9.47 Å². The van der Waals surface area contributed by atoms with Crippen molar-refractivity contribution in [3.63, 3.8) is 0 Å². The fourth-order valence-corrected chi connectivity index (χ4v) is 3.38. The molecule has 154 valence electrons. The lowest BCUT2D eigenvalue weighted by Gasteiger charge is -2.29. The van der Waals surface area contributed by atoms with E-state index < -0.39 is 0 Å². The number of carbonyl (C=O) groups excluding carboxylic acids is 1. The van der Waals surface area contributed by atoms with Gasteiger partial charge in [0.05, 0.1) is 20.3 Å². The Morgan fingerprint density at radius 1 is 1.21 bits per heavy atom. The van der Waals surface area contributed by atoms with Gasteiger partial charge in [0.25, 0.3) is 0 Å². The van der Waals surface area contributed by atoms with Gasteiger partial charge < -0.3 is 25.0 Å². The lowest BCUT2D eigenvalue weighted by Crippen LogP contribution is -2.44. The number of guanidine groups is 1. The third-order valence-electron chi connectivity index (χ3n) is 4.77. The molecule has 0 fully saturated rings. The van der Waals surface area contributed by atoms with Gasteiger partial charge >= 0.3 is 0 Å². The highest BCUT2D eigenvalue weighted by Gasteiger charge is 2.22. The van der Waals surface area contributed by atoms with Crippen molar-refractivity contribution in [3.8, 4) is 11.5 Å². The van der Waals surface area contributed by atoms with E-state index in [-0.39, 0.29) is 12.5 Å². The molecule has 2 aromatic carbocycles. The van der Waals surface area contributed by atoms with E-state index >= 15 is 0 Å². The van der Waals surface area contributed by atoms with Crippen molar-refractivity contribution in [2.75, 3.05) is 44.1 Å². The maximum absolute atomic E-state index is 12.8. The highest BCUT2D eigenvalue weighted by Crippen LogP contribution is 2.30. The summed E-state index contributed by atoms with van der Waals surface area (Å²) in [5.74, 6) is 1.84. The number of amides is 1. The summed E-state index contributed by atoms with van der Waals surface area (Å²) in [6.07, 6.45) is 1.98. The molecule has 1 amide bonds. The summed E-state index contributed by atoms with van der Waals surface area (Å²) in [5.41, 5.74) is 3.01. The van der Waals surface area contributed by atoms with E-state index in [0.29, 0.717) is 24.1 Å². The van der Waals surface area contributed by atoms with Crippen LogP contribution in [0.2, 0.25) is 0 Å².